The van der Waals surface area contributed by atoms with Gasteiger partial charge in [0.05, 0.1) is 0 Å². The molecule has 0 spiro atoms. The van der Waals surface area contributed by atoms with E-state index in [-0.39, 0.29) is 0 Å². The number of hydrogen-bond acceptors (Lipinski definition) is 3. The van der Waals surface area contributed by atoms with Crippen molar-refractivity contribution in [3.63, 3.8) is 0 Å². The van der Waals surface area contributed by atoms with Crippen molar-refractivity contribution in [2.75, 3.05) is 0 Å². The molecule has 0 saturated heterocycles. The molecule has 4 nitrogen and oxygen atoms in total. The van der Waals surface area contributed by atoms with Crippen LogP contribution in [0.25, 0.3) is 0 Å². The Hall–Kier alpha value is -2.32. The molecule has 0 amide bonds. The molecular formula is C27H31N3OPb. The molecule has 1 N–H and O–H groups in total. The van der Waals surface area contributed by atoms with Crippen LogP contribution in [0, 0.1) is 0 Å². The third kappa shape index (κ3) is 4.86. The van der Waals surface area contributed by atoms with Crippen molar-refractivity contribution in [2.45, 2.75) is 42.8 Å². The third-order valence-electron chi connectivity index (χ3n) is 6.22. The fraction of sp³-hybridized carbons (Fsp3) is 0.259. The molecule has 0 atom stereocenters. The summed E-state index contributed by atoms with van der Waals surface area (Å²) in [4.78, 5) is 0. The van der Waals surface area contributed by atoms with Gasteiger partial charge < -0.3 is 0 Å². The molecule has 0 aliphatic heterocycles. The Kier molecular flexibility index (Phi) is 7.21. The first-order valence-electron chi connectivity index (χ1n) is 11.3. The van der Waals surface area contributed by atoms with Gasteiger partial charge in [0.1, 0.15) is 0 Å². The molecule has 5 heteroatoms. The van der Waals surface area contributed by atoms with E-state index in [0.29, 0.717) is 0 Å². The zero-order valence-corrected chi connectivity index (χ0v) is 22.7. The van der Waals surface area contributed by atoms with E-state index in [4.69, 9.17) is 0 Å². The van der Waals surface area contributed by atoms with Gasteiger partial charge in [0.15, 0.2) is 0 Å². The maximum atomic E-state index is 10.4. The van der Waals surface area contributed by atoms with Crippen LogP contribution in [-0.4, -0.2) is 41.3 Å². The standard InChI is InChI=1S/C9H16N3O.3C6H5.Pb/c1-4-5-6-12-8(7-10-11-12)9(2,3)13;3*1-2-4-6-5-3-1;/h7,13H,1,4-6H2,2-3H3;3*1-5H;. The Morgan fingerprint density at radius 2 is 1.22 bits per heavy atom. The molecule has 0 unspecified atom stereocenters. The predicted octanol–water partition coefficient (Wildman–Crippen LogP) is 3.46. The van der Waals surface area contributed by atoms with Crippen molar-refractivity contribution >= 4 is 30.5 Å². The van der Waals surface area contributed by atoms with Crippen molar-refractivity contribution in [1.82, 2.24) is 15.0 Å². The average Bonchev–Trinajstić information content (AvgIpc) is 3.31. The molecule has 0 radical (unpaired) electrons. The van der Waals surface area contributed by atoms with Crippen molar-refractivity contribution in [3.8, 4) is 0 Å². The van der Waals surface area contributed by atoms with E-state index in [1.165, 1.54) is 13.3 Å². The Morgan fingerprint density at radius 3 is 1.66 bits per heavy atom. The normalized spacial score (nSPS) is 12.1. The summed E-state index contributed by atoms with van der Waals surface area (Å²) in [5.74, 6) is 0. The number of aryl methyl sites for hydroxylation is 1. The summed E-state index contributed by atoms with van der Waals surface area (Å²) >= 11 is -3.37. The van der Waals surface area contributed by atoms with Gasteiger partial charge in [0, 0.05) is 0 Å². The SMILES string of the molecule is CC(C)(O)c1cnnn1CCC[CH2][Pb]([c]1ccccc1)([c]1ccccc1)[c]1ccccc1. The van der Waals surface area contributed by atoms with Gasteiger partial charge in [-0.2, -0.15) is 0 Å². The summed E-state index contributed by atoms with van der Waals surface area (Å²) in [5.41, 5.74) is -0.173. The number of unbranched alkanes of at least 4 members (excludes halogenated alkanes) is 1. The minimum absolute atomic E-state index is 0.765. The van der Waals surface area contributed by atoms with E-state index >= 15 is 0 Å². The molecule has 0 bridgehead atoms. The maximum absolute atomic E-state index is 10.4. The molecule has 0 aliphatic carbocycles. The van der Waals surface area contributed by atoms with E-state index in [1.54, 1.807) is 20.0 Å². The van der Waals surface area contributed by atoms with Gasteiger partial charge in [-0.3, -0.25) is 0 Å². The minimum atomic E-state index is -3.37. The van der Waals surface area contributed by atoms with E-state index in [1.807, 2.05) is 4.68 Å². The van der Waals surface area contributed by atoms with Gasteiger partial charge >= 0.3 is 196 Å². The Labute approximate surface area is 195 Å². The summed E-state index contributed by atoms with van der Waals surface area (Å²) in [7, 11) is 0. The summed E-state index contributed by atoms with van der Waals surface area (Å²) in [6, 6.07) is 33.5. The molecule has 3 aromatic carbocycles. The number of benzene rings is 3. The summed E-state index contributed by atoms with van der Waals surface area (Å²) in [5, 5.41) is 18.6. The van der Waals surface area contributed by atoms with Gasteiger partial charge in [-0.1, -0.05) is 0 Å². The molecule has 0 aliphatic rings. The first-order chi connectivity index (χ1) is 15.5. The van der Waals surface area contributed by atoms with Gasteiger partial charge in [-0.15, -0.1) is 0 Å². The Bertz CT molecular complexity index is 1010. The third-order valence-corrected chi connectivity index (χ3v) is 25.9. The number of rotatable bonds is 9. The van der Waals surface area contributed by atoms with Gasteiger partial charge in [0.25, 0.3) is 0 Å². The summed E-state index contributed by atoms with van der Waals surface area (Å²) < 4.78 is 7.62. The van der Waals surface area contributed by atoms with Gasteiger partial charge in [0.2, 0.25) is 0 Å². The fourth-order valence-electron chi connectivity index (χ4n) is 4.65. The Morgan fingerprint density at radius 1 is 0.750 bits per heavy atom. The van der Waals surface area contributed by atoms with Crippen LogP contribution in [0.1, 0.15) is 32.4 Å². The second-order valence-electron chi connectivity index (χ2n) is 8.86. The monoisotopic (exact) mass is 621 g/mol. The zero-order chi connectivity index (χ0) is 22.4. The van der Waals surface area contributed by atoms with E-state index < -0.39 is 26.8 Å². The molecule has 1 heterocycles. The molecule has 4 aromatic rings. The zero-order valence-electron chi connectivity index (χ0n) is 18.9. The van der Waals surface area contributed by atoms with Crippen LogP contribution in [0.5, 0.6) is 0 Å². The summed E-state index contributed by atoms with van der Waals surface area (Å²) in [6.45, 7) is 4.33. The van der Waals surface area contributed by atoms with Crippen LogP contribution in [0.4, 0.5) is 0 Å². The molecule has 32 heavy (non-hydrogen) atoms. The summed E-state index contributed by atoms with van der Waals surface area (Å²) in [6.07, 6.45) is 3.77. The average molecular weight is 621 g/mol. The van der Waals surface area contributed by atoms with Gasteiger partial charge in [-0.25, -0.2) is 0 Å². The van der Waals surface area contributed by atoms with E-state index in [0.717, 1.165) is 25.1 Å². The van der Waals surface area contributed by atoms with Crippen molar-refractivity contribution in [1.29, 1.82) is 0 Å². The second kappa shape index (κ2) is 10.1. The van der Waals surface area contributed by atoms with Crippen LogP contribution in [0.15, 0.2) is 97.2 Å². The van der Waals surface area contributed by atoms with Crippen LogP contribution in [0.2, 0.25) is 3.98 Å². The van der Waals surface area contributed by atoms with Crippen LogP contribution in [-0.2, 0) is 12.1 Å². The molecule has 0 fully saturated rings. The molecule has 0 saturated carbocycles. The number of aromatic nitrogens is 3. The number of hydrogen-bond donors (Lipinski definition) is 1. The first kappa shape index (κ1) is 22.9. The van der Waals surface area contributed by atoms with Crippen molar-refractivity contribution in [3.05, 3.63) is 103 Å². The van der Waals surface area contributed by atoms with Gasteiger partial charge in [-0.05, 0) is 0 Å². The molecule has 4 rings (SSSR count). The number of aliphatic hydroxyl groups is 1. The first-order valence-corrected chi connectivity index (χ1v) is 19.9. The molecular weight excluding hydrogens is 590 g/mol. The van der Waals surface area contributed by atoms with Crippen molar-refractivity contribution < 1.29 is 5.11 Å². The molecule has 164 valence electrons. The number of nitrogens with zero attached hydrogens (tertiary/aromatic N) is 3. The predicted molar refractivity (Wildman–Crippen MR) is 133 cm³/mol. The van der Waals surface area contributed by atoms with Crippen LogP contribution >= 0.6 is 0 Å². The second-order valence-corrected chi connectivity index (χ2v) is 24.6. The van der Waals surface area contributed by atoms with Crippen LogP contribution in [0.3, 0.4) is 0 Å². The van der Waals surface area contributed by atoms with E-state index in [2.05, 4.69) is 101 Å². The topological polar surface area (TPSA) is 50.9 Å². The molecule has 1 aromatic heterocycles. The fourth-order valence-corrected chi connectivity index (χ4v) is 23.8. The Balaban J connectivity index is 1.65. The van der Waals surface area contributed by atoms with E-state index in [9.17, 15) is 5.11 Å². The van der Waals surface area contributed by atoms with Crippen LogP contribution < -0.4 is 9.37 Å². The van der Waals surface area contributed by atoms with Crippen molar-refractivity contribution in [2.24, 2.45) is 0 Å². The quantitative estimate of drug-likeness (QED) is 0.231.